The van der Waals surface area contributed by atoms with E-state index < -0.39 is 0 Å². The lowest BCUT2D eigenvalue weighted by Gasteiger charge is -2.38. The number of piperidine rings is 1. The first-order chi connectivity index (χ1) is 6.76. The third kappa shape index (κ3) is 2.92. The number of methoxy groups -OCH3 is 3. The summed E-state index contributed by atoms with van der Waals surface area (Å²) in [6, 6.07) is 0. The topological polar surface area (TPSA) is 39.7 Å². The summed E-state index contributed by atoms with van der Waals surface area (Å²) in [5.74, 6) is 0. The Hall–Kier alpha value is -0.160. The summed E-state index contributed by atoms with van der Waals surface area (Å²) in [5.41, 5.74) is -0.0675. The summed E-state index contributed by atoms with van der Waals surface area (Å²) >= 11 is 0. The maximum absolute atomic E-state index is 5.61. The maximum Gasteiger partial charge on any atom is 0.159 e. The van der Waals surface area contributed by atoms with Crippen LogP contribution in [0.3, 0.4) is 0 Å². The van der Waals surface area contributed by atoms with Gasteiger partial charge in [0.1, 0.15) is 0 Å². The van der Waals surface area contributed by atoms with Gasteiger partial charge in [-0.1, -0.05) is 0 Å². The van der Waals surface area contributed by atoms with Gasteiger partial charge < -0.3 is 19.5 Å². The molecule has 0 bridgehead atoms. The molecule has 0 saturated carbocycles. The molecule has 0 aromatic rings. The zero-order chi connectivity index (χ0) is 10.4. The average molecular weight is 203 g/mol. The molecule has 0 aromatic heterocycles. The predicted octanol–water partition coefficient (Wildman–Crippen LogP) is 0.764. The van der Waals surface area contributed by atoms with E-state index in [4.69, 9.17) is 14.2 Å². The fraction of sp³-hybridized carbons (Fsp3) is 1.00. The first kappa shape index (κ1) is 11.9. The molecule has 4 nitrogen and oxygen atoms in total. The van der Waals surface area contributed by atoms with Crippen LogP contribution in [0.15, 0.2) is 0 Å². The van der Waals surface area contributed by atoms with Crippen LogP contribution in [-0.4, -0.2) is 46.3 Å². The lowest BCUT2D eigenvalue weighted by molar-refractivity contribution is -0.157. The molecule has 0 spiro atoms. The van der Waals surface area contributed by atoms with Crippen LogP contribution in [0.5, 0.6) is 0 Å². The Morgan fingerprint density at radius 1 is 1.14 bits per heavy atom. The van der Waals surface area contributed by atoms with Gasteiger partial charge in [-0.3, -0.25) is 0 Å². The van der Waals surface area contributed by atoms with Crippen molar-refractivity contribution >= 4 is 0 Å². The number of rotatable bonds is 5. The minimum absolute atomic E-state index is 0.0675. The van der Waals surface area contributed by atoms with Gasteiger partial charge in [-0.15, -0.1) is 0 Å². The van der Waals surface area contributed by atoms with Gasteiger partial charge in [-0.25, -0.2) is 0 Å². The van der Waals surface area contributed by atoms with Gasteiger partial charge in [-0.2, -0.15) is 0 Å². The molecule has 0 radical (unpaired) electrons. The second-order valence-corrected chi connectivity index (χ2v) is 3.74. The molecule has 0 atom stereocenters. The molecule has 0 aromatic carbocycles. The van der Waals surface area contributed by atoms with E-state index in [1.54, 1.807) is 21.3 Å². The molecule has 4 heteroatoms. The summed E-state index contributed by atoms with van der Waals surface area (Å²) in [5, 5.41) is 3.32. The molecule has 14 heavy (non-hydrogen) atoms. The molecule has 0 amide bonds. The van der Waals surface area contributed by atoms with Crippen LogP contribution in [0, 0.1) is 0 Å². The molecule has 0 aliphatic carbocycles. The summed E-state index contributed by atoms with van der Waals surface area (Å²) in [6.45, 7) is 2.02. The standard InChI is InChI=1S/C10H21NO3/c1-12-9(13-2)8-10(14-3)4-6-11-7-5-10/h9,11H,4-8H2,1-3H3. The lowest BCUT2D eigenvalue weighted by Crippen LogP contribution is -2.46. The van der Waals surface area contributed by atoms with Crippen molar-refractivity contribution in [1.29, 1.82) is 0 Å². The Bertz CT molecular complexity index is 153. The van der Waals surface area contributed by atoms with Crippen molar-refractivity contribution in [2.45, 2.75) is 31.2 Å². The Labute approximate surface area is 85.9 Å². The van der Waals surface area contributed by atoms with E-state index in [0.717, 1.165) is 32.4 Å². The highest BCUT2D eigenvalue weighted by molar-refractivity contribution is 4.86. The zero-order valence-corrected chi connectivity index (χ0v) is 9.34. The first-order valence-corrected chi connectivity index (χ1v) is 5.08. The highest BCUT2D eigenvalue weighted by Gasteiger charge is 2.34. The van der Waals surface area contributed by atoms with E-state index in [1.165, 1.54) is 0 Å². The second kappa shape index (κ2) is 5.66. The van der Waals surface area contributed by atoms with Gasteiger partial charge in [0.05, 0.1) is 5.60 Å². The number of ether oxygens (including phenoxy) is 3. The normalized spacial score (nSPS) is 21.4. The predicted molar refractivity (Wildman–Crippen MR) is 54.3 cm³/mol. The average Bonchev–Trinajstić information content (AvgIpc) is 2.27. The molecule has 1 aliphatic rings. The number of hydrogen-bond acceptors (Lipinski definition) is 4. The summed E-state index contributed by atoms with van der Waals surface area (Å²) < 4.78 is 16.0. The van der Waals surface area contributed by atoms with E-state index in [1.807, 2.05) is 0 Å². The molecular formula is C10H21NO3. The van der Waals surface area contributed by atoms with E-state index in [0.29, 0.717) is 0 Å². The van der Waals surface area contributed by atoms with Gasteiger partial charge in [0.15, 0.2) is 6.29 Å². The van der Waals surface area contributed by atoms with Gasteiger partial charge in [0.25, 0.3) is 0 Å². The van der Waals surface area contributed by atoms with Crippen molar-refractivity contribution in [3.63, 3.8) is 0 Å². The van der Waals surface area contributed by atoms with Crippen LogP contribution in [0.4, 0.5) is 0 Å². The molecule has 1 rings (SSSR count). The molecule has 1 aliphatic heterocycles. The molecule has 84 valence electrons. The van der Waals surface area contributed by atoms with Crippen molar-refractivity contribution < 1.29 is 14.2 Å². The third-order valence-corrected chi connectivity index (χ3v) is 3.01. The second-order valence-electron chi connectivity index (χ2n) is 3.74. The molecule has 0 unspecified atom stereocenters. The smallest absolute Gasteiger partial charge is 0.159 e. The summed E-state index contributed by atoms with van der Waals surface area (Å²) in [4.78, 5) is 0. The Morgan fingerprint density at radius 3 is 2.14 bits per heavy atom. The van der Waals surface area contributed by atoms with Crippen LogP contribution in [0.2, 0.25) is 0 Å². The van der Waals surface area contributed by atoms with Crippen LogP contribution in [0.25, 0.3) is 0 Å². The Morgan fingerprint density at radius 2 is 1.71 bits per heavy atom. The molecule has 1 N–H and O–H groups in total. The Kier molecular flexibility index (Phi) is 4.81. The minimum atomic E-state index is -0.159. The maximum atomic E-state index is 5.61. The SMILES string of the molecule is COC(CC1(OC)CCNCC1)OC. The number of nitrogens with one attached hydrogen (secondary N) is 1. The monoisotopic (exact) mass is 203 g/mol. The van der Waals surface area contributed by atoms with Crippen molar-refractivity contribution in [3.05, 3.63) is 0 Å². The highest BCUT2D eigenvalue weighted by atomic mass is 16.7. The fourth-order valence-electron chi connectivity index (χ4n) is 1.94. The zero-order valence-electron chi connectivity index (χ0n) is 9.34. The quantitative estimate of drug-likeness (QED) is 0.670. The number of hydrogen-bond donors (Lipinski definition) is 1. The third-order valence-electron chi connectivity index (χ3n) is 3.01. The van der Waals surface area contributed by atoms with E-state index in [-0.39, 0.29) is 11.9 Å². The van der Waals surface area contributed by atoms with Crippen LogP contribution in [-0.2, 0) is 14.2 Å². The van der Waals surface area contributed by atoms with E-state index in [9.17, 15) is 0 Å². The van der Waals surface area contributed by atoms with E-state index in [2.05, 4.69) is 5.32 Å². The van der Waals surface area contributed by atoms with Crippen LogP contribution in [0.1, 0.15) is 19.3 Å². The van der Waals surface area contributed by atoms with Gasteiger partial charge in [-0.05, 0) is 25.9 Å². The van der Waals surface area contributed by atoms with Crippen molar-refractivity contribution in [2.75, 3.05) is 34.4 Å². The first-order valence-electron chi connectivity index (χ1n) is 5.08. The van der Waals surface area contributed by atoms with Crippen molar-refractivity contribution in [3.8, 4) is 0 Å². The minimum Gasteiger partial charge on any atom is -0.378 e. The summed E-state index contributed by atoms with van der Waals surface area (Å²) in [7, 11) is 5.10. The highest BCUT2D eigenvalue weighted by Crippen LogP contribution is 2.28. The van der Waals surface area contributed by atoms with E-state index >= 15 is 0 Å². The van der Waals surface area contributed by atoms with Gasteiger partial charge >= 0.3 is 0 Å². The van der Waals surface area contributed by atoms with Gasteiger partial charge in [0.2, 0.25) is 0 Å². The Balaban J connectivity index is 2.50. The summed E-state index contributed by atoms with van der Waals surface area (Å²) in [6.07, 6.45) is 2.69. The molecule has 1 fully saturated rings. The molecule has 1 heterocycles. The largest absolute Gasteiger partial charge is 0.378 e. The lowest BCUT2D eigenvalue weighted by atomic mass is 9.88. The van der Waals surface area contributed by atoms with Crippen LogP contribution < -0.4 is 5.32 Å². The van der Waals surface area contributed by atoms with Crippen LogP contribution >= 0.6 is 0 Å². The fourth-order valence-corrected chi connectivity index (χ4v) is 1.94. The van der Waals surface area contributed by atoms with Crippen molar-refractivity contribution in [1.82, 2.24) is 5.32 Å². The molecule has 1 saturated heterocycles. The molecular weight excluding hydrogens is 182 g/mol. The van der Waals surface area contributed by atoms with Gasteiger partial charge in [0, 0.05) is 27.8 Å². The van der Waals surface area contributed by atoms with Crippen molar-refractivity contribution in [2.24, 2.45) is 0 Å².